The van der Waals surface area contributed by atoms with Crippen molar-refractivity contribution in [1.29, 1.82) is 0 Å². The van der Waals surface area contributed by atoms with E-state index >= 15 is 0 Å². The van der Waals surface area contributed by atoms with Crippen LogP contribution < -0.4 is 0 Å². The van der Waals surface area contributed by atoms with Gasteiger partial charge in [-0.1, -0.05) is 54.0 Å². The maximum atomic E-state index is 13.7. The Labute approximate surface area is 120 Å². The van der Waals surface area contributed by atoms with E-state index in [1.54, 1.807) is 24.3 Å². The molecule has 0 saturated heterocycles. The van der Waals surface area contributed by atoms with Crippen LogP contribution in [0.1, 0.15) is 24.2 Å². The van der Waals surface area contributed by atoms with E-state index in [2.05, 4.69) is 29.1 Å². The van der Waals surface area contributed by atoms with Gasteiger partial charge in [0.15, 0.2) is 0 Å². The molecule has 102 valence electrons. The number of hydrogen-bond donors (Lipinski definition) is 1. The van der Waals surface area contributed by atoms with Crippen LogP contribution in [0.3, 0.4) is 0 Å². The normalized spacial score (nSPS) is 8.84. The summed E-state index contributed by atoms with van der Waals surface area (Å²) in [6.45, 7) is 10.0. The molecule has 0 aliphatic carbocycles. The molecule has 0 bridgehead atoms. The molecule has 2 rings (SSSR count). The highest BCUT2D eigenvalue weighted by Crippen LogP contribution is 2.28. The first kappa shape index (κ1) is 17.3. The molecule has 0 aliphatic heterocycles. The molecule has 0 unspecified atom stereocenters. The number of hydrogen-bond acceptors (Lipinski definition) is 1. The smallest absolute Gasteiger partial charge is 0.338 e. The van der Waals surface area contributed by atoms with E-state index in [9.17, 15) is 9.18 Å². The number of carboxylic acids is 1. The SMILES string of the molecule is C=C.CC.O=C(O)c1cc(Br)c2ccccc2c1F. The lowest BCUT2D eigenvalue weighted by Crippen LogP contribution is -2.01. The fraction of sp³-hybridized carbons (Fsp3) is 0.133. The number of aromatic carboxylic acids is 1. The third kappa shape index (κ3) is 3.89. The Bertz CT molecular complexity index is 567. The molecule has 0 aliphatic rings. The largest absolute Gasteiger partial charge is 0.478 e. The Morgan fingerprint density at radius 1 is 1.21 bits per heavy atom. The number of rotatable bonds is 1. The summed E-state index contributed by atoms with van der Waals surface area (Å²) in [7, 11) is 0. The van der Waals surface area contributed by atoms with E-state index in [4.69, 9.17) is 5.11 Å². The molecular formula is C15H16BrFO2. The summed E-state index contributed by atoms with van der Waals surface area (Å²) >= 11 is 3.22. The molecule has 2 nitrogen and oxygen atoms in total. The predicted molar refractivity (Wildman–Crippen MR) is 81.2 cm³/mol. The lowest BCUT2D eigenvalue weighted by molar-refractivity contribution is 0.0692. The van der Waals surface area contributed by atoms with Crippen LogP contribution in [-0.4, -0.2) is 11.1 Å². The van der Waals surface area contributed by atoms with Crippen LogP contribution >= 0.6 is 15.9 Å². The highest BCUT2D eigenvalue weighted by atomic mass is 79.9. The Morgan fingerprint density at radius 3 is 2.16 bits per heavy atom. The number of carboxylic acid groups (broad SMARTS) is 1. The third-order valence-corrected chi connectivity index (χ3v) is 2.81. The average Bonchev–Trinajstić information content (AvgIpc) is 2.47. The zero-order valence-corrected chi connectivity index (χ0v) is 12.5. The van der Waals surface area contributed by atoms with E-state index < -0.39 is 11.8 Å². The summed E-state index contributed by atoms with van der Waals surface area (Å²) < 4.78 is 14.3. The fourth-order valence-corrected chi connectivity index (χ4v) is 2.03. The molecule has 4 heteroatoms. The Kier molecular flexibility index (Phi) is 7.68. The summed E-state index contributed by atoms with van der Waals surface area (Å²) in [5, 5.41) is 9.76. The number of halogens is 2. The number of carbonyl (C=O) groups is 1. The minimum Gasteiger partial charge on any atom is -0.478 e. The summed E-state index contributed by atoms with van der Waals surface area (Å²) in [6.07, 6.45) is 0. The highest BCUT2D eigenvalue weighted by Gasteiger charge is 2.15. The van der Waals surface area contributed by atoms with Crippen molar-refractivity contribution in [1.82, 2.24) is 0 Å². The second-order valence-corrected chi connectivity index (χ2v) is 3.93. The first-order valence-corrected chi connectivity index (χ1v) is 6.50. The average molecular weight is 327 g/mol. The summed E-state index contributed by atoms with van der Waals surface area (Å²) in [5.74, 6) is -1.96. The second kappa shape index (κ2) is 8.43. The van der Waals surface area contributed by atoms with Crippen LogP contribution in [-0.2, 0) is 0 Å². The zero-order chi connectivity index (χ0) is 15.0. The molecule has 0 heterocycles. The van der Waals surface area contributed by atoms with Gasteiger partial charge in [0, 0.05) is 9.86 Å². The van der Waals surface area contributed by atoms with Crippen molar-refractivity contribution in [2.45, 2.75) is 13.8 Å². The van der Waals surface area contributed by atoms with Gasteiger partial charge in [-0.2, -0.15) is 0 Å². The van der Waals surface area contributed by atoms with Crippen molar-refractivity contribution in [2.24, 2.45) is 0 Å². The predicted octanol–water partition coefficient (Wildman–Crippen LogP) is 5.27. The highest BCUT2D eigenvalue weighted by molar-refractivity contribution is 9.10. The quantitative estimate of drug-likeness (QED) is 0.725. The van der Waals surface area contributed by atoms with Crippen molar-refractivity contribution in [3.63, 3.8) is 0 Å². The van der Waals surface area contributed by atoms with E-state index in [1.165, 1.54) is 6.07 Å². The standard InChI is InChI=1S/C11H6BrFO2.C2H6.C2H4/c12-9-5-8(11(14)15)10(13)7-4-2-1-3-6(7)9;2*1-2/h1-5H,(H,14,15);1-2H3;1-2H2. The lowest BCUT2D eigenvalue weighted by atomic mass is 10.1. The van der Waals surface area contributed by atoms with Crippen LogP contribution in [0.4, 0.5) is 4.39 Å². The Balaban J connectivity index is 0.000000741. The Hall–Kier alpha value is -1.68. The van der Waals surface area contributed by atoms with Crippen LogP contribution in [0.25, 0.3) is 10.8 Å². The van der Waals surface area contributed by atoms with Crippen molar-refractivity contribution in [3.05, 3.63) is 59.3 Å². The number of fused-ring (bicyclic) bond motifs is 1. The van der Waals surface area contributed by atoms with Gasteiger partial charge in [0.1, 0.15) is 5.82 Å². The molecule has 0 saturated carbocycles. The van der Waals surface area contributed by atoms with Crippen molar-refractivity contribution in [3.8, 4) is 0 Å². The first-order chi connectivity index (χ1) is 9.11. The lowest BCUT2D eigenvalue weighted by Gasteiger charge is -2.05. The van der Waals surface area contributed by atoms with Crippen LogP contribution in [0, 0.1) is 5.82 Å². The third-order valence-electron chi connectivity index (χ3n) is 2.16. The van der Waals surface area contributed by atoms with Gasteiger partial charge in [-0.05, 0) is 11.5 Å². The van der Waals surface area contributed by atoms with Gasteiger partial charge >= 0.3 is 5.97 Å². The monoisotopic (exact) mass is 326 g/mol. The van der Waals surface area contributed by atoms with E-state index in [-0.39, 0.29) is 5.56 Å². The molecule has 0 spiro atoms. The molecular weight excluding hydrogens is 311 g/mol. The van der Waals surface area contributed by atoms with Gasteiger partial charge in [-0.3, -0.25) is 0 Å². The molecule has 0 fully saturated rings. The molecule has 0 radical (unpaired) electrons. The zero-order valence-electron chi connectivity index (χ0n) is 10.9. The maximum Gasteiger partial charge on any atom is 0.338 e. The fourth-order valence-electron chi connectivity index (χ4n) is 1.45. The summed E-state index contributed by atoms with van der Waals surface area (Å²) in [6, 6.07) is 8.01. The van der Waals surface area contributed by atoms with Gasteiger partial charge in [0.2, 0.25) is 0 Å². The topological polar surface area (TPSA) is 37.3 Å². The number of benzene rings is 2. The van der Waals surface area contributed by atoms with Crippen molar-refractivity contribution >= 4 is 32.7 Å². The molecule has 19 heavy (non-hydrogen) atoms. The van der Waals surface area contributed by atoms with Gasteiger partial charge in [0.05, 0.1) is 5.56 Å². The van der Waals surface area contributed by atoms with Crippen LogP contribution in [0.15, 0.2) is 48.0 Å². The van der Waals surface area contributed by atoms with Gasteiger partial charge < -0.3 is 5.11 Å². The van der Waals surface area contributed by atoms with Crippen LogP contribution in [0.2, 0.25) is 0 Å². The van der Waals surface area contributed by atoms with Crippen molar-refractivity contribution < 1.29 is 14.3 Å². The van der Waals surface area contributed by atoms with E-state index in [1.807, 2.05) is 13.8 Å². The molecule has 2 aromatic rings. The molecule has 0 aromatic heterocycles. The summed E-state index contributed by atoms with van der Waals surface area (Å²) in [4.78, 5) is 10.8. The Morgan fingerprint density at radius 2 is 1.68 bits per heavy atom. The molecule has 2 aromatic carbocycles. The van der Waals surface area contributed by atoms with E-state index in [0.717, 1.165) is 0 Å². The van der Waals surface area contributed by atoms with E-state index in [0.29, 0.717) is 15.2 Å². The summed E-state index contributed by atoms with van der Waals surface area (Å²) in [5.41, 5.74) is -0.319. The van der Waals surface area contributed by atoms with Gasteiger partial charge in [-0.25, -0.2) is 9.18 Å². The first-order valence-electron chi connectivity index (χ1n) is 5.71. The van der Waals surface area contributed by atoms with Gasteiger partial charge in [-0.15, -0.1) is 13.2 Å². The minimum absolute atomic E-state index is 0.310. The molecule has 0 atom stereocenters. The maximum absolute atomic E-state index is 13.7. The molecule has 1 N–H and O–H groups in total. The minimum atomic E-state index is -1.26. The van der Waals surface area contributed by atoms with Crippen LogP contribution in [0.5, 0.6) is 0 Å². The van der Waals surface area contributed by atoms with Crippen molar-refractivity contribution in [2.75, 3.05) is 0 Å². The second-order valence-electron chi connectivity index (χ2n) is 3.07. The molecule has 0 amide bonds. The van der Waals surface area contributed by atoms with Gasteiger partial charge in [0.25, 0.3) is 0 Å².